The van der Waals surface area contributed by atoms with Crippen molar-refractivity contribution >= 4 is 16.0 Å². The molecule has 0 spiro atoms. The monoisotopic (exact) mass is 347 g/mol. The molecule has 0 radical (unpaired) electrons. The van der Waals surface area contributed by atoms with Gasteiger partial charge in [0, 0.05) is 13.1 Å². The Morgan fingerprint density at radius 2 is 1.50 bits per heavy atom. The first-order chi connectivity index (χ1) is 11.4. The Morgan fingerprint density at radius 1 is 0.958 bits per heavy atom. The van der Waals surface area contributed by atoms with Gasteiger partial charge in [0.1, 0.15) is 5.75 Å². The Bertz CT molecular complexity index is 792. The van der Waals surface area contributed by atoms with Crippen LogP contribution < -0.4 is 4.74 Å². The maximum absolute atomic E-state index is 12.4. The zero-order chi connectivity index (χ0) is 17.7. The zero-order valence-electron chi connectivity index (χ0n) is 14.0. The minimum atomic E-state index is -3.53. The van der Waals surface area contributed by atoms with Gasteiger partial charge < -0.3 is 4.74 Å². The summed E-state index contributed by atoms with van der Waals surface area (Å²) < 4.78 is 31.5. The van der Waals surface area contributed by atoms with Crippen LogP contribution in [0.3, 0.4) is 0 Å². The summed E-state index contributed by atoms with van der Waals surface area (Å²) in [5, 5.41) is 0. The average molecular weight is 347 g/mol. The van der Waals surface area contributed by atoms with Crippen LogP contribution in [0.5, 0.6) is 5.75 Å². The van der Waals surface area contributed by atoms with E-state index in [1.165, 1.54) is 28.6 Å². The number of nitrogens with zero attached hydrogens (tertiary/aromatic N) is 1. The average Bonchev–Trinajstić information content (AvgIpc) is 2.58. The van der Waals surface area contributed by atoms with Crippen molar-refractivity contribution in [2.45, 2.75) is 25.7 Å². The van der Waals surface area contributed by atoms with Crippen molar-refractivity contribution in [2.75, 3.05) is 13.1 Å². The standard InChI is InChI=1S/C18H21NO4S/c1-4-19(5-2)24(21,22)17-12-8-15(9-13-17)18(20)23-16-10-6-14(3)7-11-16/h6-13H,4-5H2,1-3H3. The molecule has 128 valence electrons. The largest absolute Gasteiger partial charge is 0.423 e. The molecule has 0 amide bonds. The summed E-state index contributed by atoms with van der Waals surface area (Å²) in [7, 11) is -3.53. The van der Waals surface area contributed by atoms with E-state index in [0.29, 0.717) is 24.4 Å². The highest BCUT2D eigenvalue weighted by Crippen LogP contribution is 2.18. The molecular formula is C18H21NO4S. The van der Waals surface area contributed by atoms with Gasteiger partial charge >= 0.3 is 5.97 Å². The maximum Gasteiger partial charge on any atom is 0.343 e. The number of ether oxygens (including phenoxy) is 1. The molecule has 0 saturated carbocycles. The molecule has 6 heteroatoms. The summed E-state index contributed by atoms with van der Waals surface area (Å²) in [6.45, 7) is 6.31. The Hall–Kier alpha value is -2.18. The van der Waals surface area contributed by atoms with Crippen molar-refractivity contribution in [1.29, 1.82) is 0 Å². The van der Waals surface area contributed by atoms with E-state index in [4.69, 9.17) is 4.74 Å². The molecule has 2 aromatic carbocycles. The van der Waals surface area contributed by atoms with Crippen LogP contribution >= 0.6 is 0 Å². The molecule has 2 rings (SSSR count). The van der Waals surface area contributed by atoms with Crippen molar-refractivity contribution in [3.8, 4) is 5.75 Å². The topological polar surface area (TPSA) is 63.7 Å². The first-order valence-corrected chi connectivity index (χ1v) is 9.21. The van der Waals surface area contributed by atoms with E-state index in [9.17, 15) is 13.2 Å². The van der Waals surface area contributed by atoms with Crippen LogP contribution in [0.4, 0.5) is 0 Å². The lowest BCUT2D eigenvalue weighted by molar-refractivity contribution is 0.0734. The van der Waals surface area contributed by atoms with Crippen LogP contribution in [0.1, 0.15) is 29.8 Å². The third kappa shape index (κ3) is 4.01. The minimum absolute atomic E-state index is 0.165. The van der Waals surface area contributed by atoms with E-state index in [-0.39, 0.29) is 4.90 Å². The van der Waals surface area contributed by atoms with E-state index >= 15 is 0 Å². The summed E-state index contributed by atoms with van der Waals surface area (Å²) in [5.74, 6) is -0.0731. The zero-order valence-corrected chi connectivity index (χ0v) is 14.8. The van der Waals surface area contributed by atoms with Crippen molar-refractivity contribution < 1.29 is 17.9 Å². The highest BCUT2D eigenvalue weighted by molar-refractivity contribution is 7.89. The molecule has 0 aliphatic heterocycles. The number of sulfonamides is 1. The minimum Gasteiger partial charge on any atom is -0.423 e. The number of benzene rings is 2. The van der Waals surface area contributed by atoms with Gasteiger partial charge in [0.2, 0.25) is 10.0 Å². The van der Waals surface area contributed by atoms with Crippen molar-refractivity contribution in [2.24, 2.45) is 0 Å². The predicted octanol–water partition coefficient (Wildman–Crippen LogP) is 3.24. The number of aryl methyl sites for hydroxylation is 1. The second-order valence-corrected chi connectivity index (χ2v) is 7.25. The molecule has 2 aromatic rings. The molecule has 0 aliphatic carbocycles. The third-order valence-corrected chi connectivity index (χ3v) is 5.73. The molecule has 5 nitrogen and oxygen atoms in total. The molecule has 0 heterocycles. The maximum atomic E-state index is 12.4. The molecule has 0 aliphatic rings. The molecule has 24 heavy (non-hydrogen) atoms. The number of carbonyl (C=O) groups excluding carboxylic acids is 1. The summed E-state index contributed by atoms with van der Waals surface area (Å²) in [4.78, 5) is 12.3. The first kappa shape index (κ1) is 18.2. The molecule has 0 saturated heterocycles. The van der Waals surface area contributed by atoms with Crippen LogP contribution in [0.2, 0.25) is 0 Å². The van der Waals surface area contributed by atoms with Gasteiger partial charge in [0.15, 0.2) is 0 Å². The lowest BCUT2D eigenvalue weighted by atomic mass is 10.2. The lowest BCUT2D eigenvalue weighted by Gasteiger charge is -2.18. The van der Waals surface area contributed by atoms with Crippen LogP contribution in [-0.4, -0.2) is 31.8 Å². The second-order valence-electron chi connectivity index (χ2n) is 5.32. The molecule has 0 atom stereocenters. The molecule has 0 N–H and O–H groups in total. The van der Waals surface area contributed by atoms with E-state index in [0.717, 1.165) is 5.56 Å². The van der Waals surface area contributed by atoms with Crippen molar-refractivity contribution in [3.63, 3.8) is 0 Å². The fourth-order valence-corrected chi connectivity index (χ4v) is 3.71. The SMILES string of the molecule is CCN(CC)S(=O)(=O)c1ccc(C(=O)Oc2ccc(C)cc2)cc1. The predicted molar refractivity (Wildman–Crippen MR) is 92.7 cm³/mol. The number of rotatable bonds is 6. The van der Waals surface area contributed by atoms with Crippen LogP contribution in [0, 0.1) is 6.92 Å². The third-order valence-electron chi connectivity index (χ3n) is 3.66. The van der Waals surface area contributed by atoms with Gasteiger partial charge in [0.05, 0.1) is 10.5 Å². The summed E-state index contributed by atoms with van der Waals surface area (Å²) in [5.41, 5.74) is 1.37. The van der Waals surface area contributed by atoms with E-state index < -0.39 is 16.0 Å². The highest BCUT2D eigenvalue weighted by Gasteiger charge is 2.21. The smallest absolute Gasteiger partial charge is 0.343 e. The number of hydrogen-bond donors (Lipinski definition) is 0. The van der Waals surface area contributed by atoms with Gasteiger partial charge in [-0.25, -0.2) is 13.2 Å². The first-order valence-electron chi connectivity index (χ1n) is 7.77. The van der Waals surface area contributed by atoms with Crippen molar-refractivity contribution in [3.05, 3.63) is 59.7 Å². The van der Waals surface area contributed by atoms with Crippen LogP contribution in [0.25, 0.3) is 0 Å². The van der Waals surface area contributed by atoms with Crippen molar-refractivity contribution in [1.82, 2.24) is 4.31 Å². The Kier molecular flexibility index (Phi) is 5.75. The molecule has 0 aromatic heterocycles. The Labute approximate surface area is 142 Å². The van der Waals surface area contributed by atoms with Gasteiger partial charge in [-0.3, -0.25) is 0 Å². The van der Waals surface area contributed by atoms with E-state index in [1.54, 1.807) is 26.0 Å². The Morgan fingerprint density at radius 3 is 2.00 bits per heavy atom. The van der Waals surface area contributed by atoms with Gasteiger partial charge in [-0.15, -0.1) is 0 Å². The Balaban J connectivity index is 2.16. The number of esters is 1. The normalized spacial score (nSPS) is 11.5. The summed E-state index contributed by atoms with van der Waals surface area (Å²) in [6, 6.07) is 12.9. The molecular weight excluding hydrogens is 326 g/mol. The fraction of sp³-hybridized carbons (Fsp3) is 0.278. The number of carbonyl (C=O) groups is 1. The van der Waals surface area contributed by atoms with Gasteiger partial charge in [-0.2, -0.15) is 4.31 Å². The molecule has 0 fully saturated rings. The van der Waals surface area contributed by atoms with Crippen LogP contribution in [-0.2, 0) is 10.0 Å². The molecule has 0 bridgehead atoms. The fourth-order valence-electron chi connectivity index (χ4n) is 2.25. The van der Waals surface area contributed by atoms with E-state index in [1.807, 2.05) is 19.1 Å². The highest BCUT2D eigenvalue weighted by atomic mass is 32.2. The molecule has 0 unspecified atom stereocenters. The van der Waals surface area contributed by atoms with Gasteiger partial charge in [-0.05, 0) is 43.3 Å². The van der Waals surface area contributed by atoms with Gasteiger partial charge in [-0.1, -0.05) is 31.5 Å². The summed E-state index contributed by atoms with van der Waals surface area (Å²) >= 11 is 0. The number of hydrogen-bond acceptors (Lipinski definition) is 4. The second kappa shape index (κ2) is 7.59. The van der Waals surface area contributed by atoms with E-state index in [2.05, 4.69) is 0 Å². The van der Waals surface area contributed by atoms with Gasteiger partial charge in [0.25, 0.3) is 0 Å². The lowest BCUT2D eigenvalue weighted by Crippen LogP contribution is -2.30. The van der Waals surface area contributed by atoms with Crippen LogP contribution in [0.15, 0.2) is 53.4 Å². The summed E-state index contributed by atoms with van der Waals surface area (Å²) in [6.07, 6.45) is 0. The quantitative estimate of drug-likeness (QED) is 0.594.